The van der Waals surface area contributed by atoms with Crippen molar-refractivity contribution in [2.45, 2.75) is 45.6 Å². The predicted molar refractivity (Wildman–Crippen MR) is 78.6 cm³/mol. The van der Waals surface area contributed by atoms with E-state index < -0.39 is 0 Å². The smallest absolute Gasteiger partial charge is 0.0894 e. The van der Waals surface area contributed by atoms with Crippen LogP contribution in [0.4, 0.5) is 5.69 Å². The standard InChI is InChI=1S/C15H22N4/c1-3-4-5-8-13(2)17-14-9-6-7-10-15(14)19-12-11-16-18-19/h6-7,9-13,17H,3-5,8H2,1-2H3. The summed E-state index contributed by atoms with van der Waals surface area (Å²) >= 11 is 0. The van der Waals surface area contributed by atoms with Crippen LogP contribution in [0, 0.1) is 0 Å². The Balaban J connectivity index is 2.04. The van der Waals surface area contributed by atoms with Crippen LogP contribution in [0.15, 0.2) is 36.7 Å². The van der Waals surface area contributed by atoms with Crippen LogP contribution in [-0.2, 0) is 0 Å². The number of rotatable bonds is 7. The van der Waals surface area contributed by atoms with Crippen molar-refractivity contribution in [3.63, 3.8) is 0 Å². The zero-order chi connectivity index (χ0) is 13.5. The Labute approximate surface area is 114 Å². The molecule has 0 saturated carbocycles. The third-order valence-corrected chi connectivity index (χ3v) is 3.22. The van der Waals surface area contributed by atoms with Gasteiger partial charge in [0.2, 0.25) is 0 Å². The van der Waals surface area contributed by atoms with Crippen molar-refractivity contribution < 1.29 is 0 Å². The molecular formula is C15H22N4. The van der Waals surface area contributed by atoms with Gasteiger partial charge in [-0.3, -0.25) is 0 Å². The molecule has 1 N–H and O–H groups in total. The van der Waals surface area contributed by atoms with Crippen LogP contribution in [0.25, 0.3) is 5.69 Å². The van der Waals surface area contributed by atoms with Gasteiger partial charge in [-0.2, -0.15) is 0 Å². The van der Waals surface area contributed by atoms with Crippen molar-refractivity contribution in [2.24, 2.45) is 0 Å². The highest BCUT2D eigenvalue weighted by molar-refractivity contribution is 5.60. The van der Waals surface area contributed by atoms with E-state index in [1.54, 1.807) is 10.9 Å². The maximum Gasteiger partial charge on any atom is 0.0894 e. The van der Waals surface area contributed by atoms with E-state index in [0.29, 0.717) is 6.04 Å². The summed E-state index contributed by atoms with van der Waals surface area (Å²) in [6, 6.07) is 8.67. The lowest BCUT2D eigenvalue weighted by atomic mass is 10.1. The van der Waals surface area contributed by atoms with Crippen molar-refractivity contribution >= 4 is 5.69 Å². The number of aromatic nitrogens is 3. The van der Waals surface area contributed by atoms with E-state index in [1.807, 2.05) is 18.3 Å². The molecule has 1 unspecified atom stereocenters. The molecule has 0 aliphatic carbocycles. The van der Waals surface area contributed by atoms with Crippen molar-refractivity contribution in [2.75, 3.05) is 5.32 Å². The molecule has 4 heteroatoms. The highest BCUT2D eigenvalue weighted by atomic mass is 15.4. The lowest BCUT2D eigenvalue weighted by molar-refractivity contribution is 0.614. The fourth-order valence-corrected chi connectivity index (χ4v) is 2.17. The van der Waals surface area contributed by atoms with Gasteiger partial charge in [-0.15, -0.1) is 5.10 Å². The van der Waals surface area contributed by atoms with Crippen LogP contribution in [-0.4, -0.2) is 21.0 Å². The average molecular weight is 258 g/mol. The second-order valence-corrected chi connectivity index (χ2v) is 4.91. The summed E-state index contributed by atoms with van der Waals surface area (Å²) in [7, 11) is 0. The molecule has 102 valence electrons. The third-order valence-electron chi connectivity index (χ3n) is 3.22. The maximum absolute atomic E-state index is 4.06. The van der Waals surface area contributed by atoms with Gasteiger partial charge in [0.25, 0.3) is 0 Å². The summed E-state index contributed by atoms with van der Waals surface area (Å²) in [6.07, 6.45) is 8.60. The van der Waals surface area contributed by atoms with Gasteiger partial charge in [0.1, 0.15) is 0 Å². The topological polar surface area (TPSA) is 42.7 Å². The van der Waals surface area contributed by atoms with Gasteiger partial charge < -0.3 is 5.32 Å². The van der Waals surface area contributed by atoms with E-state index in [-0.39, 0.29) is 0 Å². The van der Waals surface area contributed by atoms with E-state index in [9.17, 15) is 0 Å². The minimum atomic E-state index is 0.469. The molecule has 1 aromatic heterocycles. The van der Waals surface area contributed by atoms with Crippen LogP contribution in [0.2, 0.25) is 0 Å². The summed E-state index contributed by atoms with van der Waals surface area (Å²) in [6.45, 7) is 4.46. The van der Waals surface area contributed by atoms with Crippen LogP contribution >= 0.6 is 0 Å². The van der Waals surface area contributed by atoms with E-state index >= 15 is 0 Å². The molecule has 2 rings (SSSR count). The summed E-state index contributed by atoms with van der Waals surface area (Å²) in [5, 5.41) is 11.5. The first-order chi connectivity index (χ1) is 9.31. The average Bonchev–Trinajstić information content (AvgIpc) is 2.93. The Morgan fingerprint density at radius 1 is 1.26 bits per heavy atom. The molecule has 0 amide bonds. The lowest BCUT2D eigenvalue weighted by Gasteiger charge is -2.17. The molecule has 4 nitrogen and oxygen atoms in total. The molecular weight excluding hydrogens is 236 g/mol. The molecule has 0 fully saturated rings. The van der Waals surface area contributed by atoms with Crippen molar-refractivity contribution in [1.82, 2.24) is 15.0 Å². The predicted octanol–water partition coefficient (Wildman–Crippen LogP) is 3.65. The second kappa shape index (κ2) is 6.92. The molecule has 2 aromatic rings. The second-order valence-electron chi connectivity index (χ2n) is 4.91. The van der Waals surface area contributed by atoms with Crippen LogP contribution in [0.3, 0.4) is 0 Å². The number of hydrogen-bond acceptors (Lipinski definition) is 3. The fraction of sp³-hybridized carbons (Fsp3) is 0.467. The number of nitrogens with zero attached hydrogens (tertiary/aromatic N) is 3. The van der Waals surface area contributed by atoms with Gasteiger partial charge in [-0.05, 0) is 25.5 Å². The van der Waals surface area contributed by atoms with E-state index in [1.165, 1.54) is 25.7 Å². The molecule has 0 aliphatic heterocycles. The van der Waals surface area contributed by atoms with Crippen molar-refractivity contribution in [3.8, 4) is 5.69 Å². The first-order valence-electron chi connectivity index (χ1n) is 7.03. The maximum atomic E-state index is 4.06. The molecule has 1 atom stereocenters. The fourth-order valence-electron chi connectivity index (χ4n) is 2.17. The molecule has 0 aliphatic rings. The summed E-state index contributed by atoms with van der Waals surface area (Å²) in [5.74, 6) is 0. The summed E-state index contributed by atoms with van der Waals surface area (Å²) in [4.78, 5) is 0. The first kappa shape index (κ1) is 13.6. The van der Waals surface area contributed by atoms with Gasteiger partial charge in [0.15, 0.2) is 0 Å². The largest absolute Gasteiger partial charge is 0.381 e. The summed E-state index contributed by atoms with van der Waals surface area (Å²) in [5.41, 5.74) is 2.15. The number of para-hydroxylation sites is 2. The van der Waals surface area contributed by atoms with Gasteiger partial charge in [0, 0.05) is 6.04 Å². The van der Waals surface area contributed by atoms with E-state index in [0.717, 1.165) is 11.4 Å². The van der Waals surface area contributed by atoms with E-state index in [4.69, 9.17) is 0 Å². The van der Waals surface area contributed by atoms with Crippen LogP contribution in [0.1, 0.15) is 39.5 Å². The Hall–Kier alpha value is -1.84. The lowest BCUT2D eigenvalue weighted by Crippen LogP contribution is -2.16. The van der Waals surface area contributed by atoms with Crippen molar-refractivity contribution in [3.05, 3.63) is 36.7 Å². The van der Waals surface area contributed by atoms with Gasteiger partial charge in [-0.25, -0.2) is 4.68 Å². The molecule has 0 radical (unpaired) electrons. The molecule has 0 spiro atoms. The minimum Gasteiger partial charge on any atom is -0.381 e. The molecule has 0 saturated heterocycles. The zero-order valence-electron chi connectivity index (χ0n) is 11.7. The Bertz CT molecular complexity index is 479. The SMILES string of the molecule is CCCCCC(C)Nc1ccccc1-n1ccnn1. The Morgan fingerprint density at radius 2 is 2.11 bits per heavy atom. The normalized spacial score (nSPS) is 12.3. The quantitative estimate of drug-likeness (QED) is 0.771. The molecule has 19 heavy (non-hydrogen) atoms. The summed E-state index contributed by atoms with van der Waals surface area (Å²) < 4.78 is 1.79. The number of benzene rings is 1. The third kappa shape index (κ3) is 3.81. The van der Waals surface area contributed by atoms with Crippen LogP contribution < -0.4 is 5.32 Å². The highest BCUT2D eigenvalue weighted by Crippen LogP contribution is 2.20. The molecule has 1 aromatic carbocycles. The minimum absolute atomic E-state index is 0.469. The van der Waals surface area contributed by atoms with Gasteiger partial charge in [0.05, 0.1) is 23.8 Å². The van der Waals surface area contributed by atoms with Gasteiger partial charge >= 0.3 is 0 Å². The first-order valence-corrected chi connectivity index (χ1v) is 7.03. The van der Waals surface area contributed by atoms with Crippen molar-refractivity contribution in [1.29, 1.82) is 0 Å². The monoisotopic (exact) mass is 258 g/mol. The highest BCUT2D eigenvalue weighted by Gasteiger charge is 2.07. The number of anilines is 1. The molecule has 1 heterocycles. The number of unbranched alkanes of at least 4 members (excludes halogenated alkanes) is 2. The Kier molecular flexibility index (Phi) is 4.95. The number of hydrogen-bond donors (Lipinski definition) is 1. The number of nitrogens with one attached hydrogen (secondary N) is 1. The van der Waals surface area contributed by atoms with Gasteiger partial charge in [-0.1, -0.05) is 43.5 Å². The van der Waals surface area contributed by atoms with Crippen LogP contribution in [0.5, 0.6) is 0 Å². The Morgan fingerprint density at radius 3 is 2.84 bits per heavy atom. The van der Waals surface area contributed by atoms with E-state index in [2.05, 4.69) is 41.6 Å². The zero-order valence-corrected chi connectivity index (χ0v) is 11.7. The molecule has 0 bridgehead atoms.